The first-order chi connectivity index (χ1) is 11.4. The van der Waals surface area contributed by atoms with E-state index >= 15 is 0 Å². The molecule has 2 fully saturated rings. The predicted molar refractivity (Wildman–Crippen MR) is 84.7 cm³/mol. The van der Waals surface area contributed by atoms with Gasteiger partial charge in [0.15, 0.2) is 0 Å². The van der Waals surface area contributed by atoms with E-state index in [-0.39, 0.29) is 12.2 Å². The molecule has 0 N–H and O–H groups in total. The summed E-state index contributed by atoms with van der Waals surface area (Å²) in [6, 6.07) is 8.36. The van der Waals surface area contributed by atoms with E-state index in [0.29, 0.717) is 12.6 Å². The van der Waals surface area contributed by atoms with Crippen molar-refractivity contribution in [3.63, 3.8) is 0 Å². The minimum Gasteiger partial charge on any atom is -0.468 e. The van der Waals surface area contributed by atoms with Gasteiger partial charge in [0.1, 0.15) is 5.76 Å². The van der Waals surface area contributed by atoms with Crippen molar-refractivity contribution in [2.45, 2.75) is 44.2 Å². The Balaban J connectivity index is 1.45. The van der Waals surface area contributed by atoms with Crippen LogP contribution in [0.5, 0.6) is 0 Å². The summed E-state index contributed by atoms with van der Waals surface area (Å²) in [5.41, 5.74) is 1.11. The van der Waals surface area contributed by atoms with Crippen LogP contribution < -0.4 is 0 Å². The van der Waals surface area contributed by atoms with E-state index in [2.05, 4.69) is 9.88 Å². The van der Waals surface area contributed by atoms with Crippen LogP contribution in [0.3, 0.4) is 0 Å². The second-order valence-electron chi connectivity index (χ2n) is 6.24. The minimum atomic E-state index is 0.118. The molecule has 0 amide bonds. The van der Waals surface area contributed by atoms with Crippen LogP contribution in [0.2, 0.25) is 0 Å². The van der Waals surface area contributed by atoms with Crippen molar-refractivity contribution in [2.75, 3.05) is 13.2 Å². The highest BCUT2D eigenvalue weighted by Gasteiger charge is 2.43. The molecule has 1 aliphatic heterocycles. The van der Waals surface area contributed by atoms with Gasteiger partial charge >= 0.3 is 0 Å². The van der Waals surface area contributed by atoms with Gasteiger partial charge in [-0.05, 0) is 36.6 Å². The monoisotopic (exact) mass is 314 g/mol. The molecule has 1 saturated heterocycles. The first-order valence-corrected chi connectivity index (χ1v) is 8.29. The van der Waals surface area contributed by atoms with E-state index in [4.69, 9.17) is 13.9 Å². The molecule has 2 aromatic rings. The molecule has 0 spiro atoms. The summed E-state index contributed by atoms with van der Waals surface area (Å²) < 4.78 is 17.8. The lowest BCUT2D eigenvalue weighted by Crippen LogP contribution is -2.42. The second kappa shape index (κ2) is 6.83. The van der Waals surface area contributed by atoms with E-state index < -0.39 is 0 Å². The fraction of sp³-hybridized carbons (Fsp3) is 0.500. The molecule has 122 valence electrons. The van der Waals surface area contributed by atoms with Crippen LogP contribution in [0.15, 0.2) is 47.3 Å². The summed E-state index contributed by atoms with van der Waals surface area (Å²) in [7, 11) is 0. The van der Waals surface area contributed by atoms with Crippen LogP contribution in [-0.4, -0.2) is 41.3 Å². The molecule has 2 aliphatic rings. The van der Waals surface area contributed by atoms with E-state index in [0.717, 1.165) is 43.9 Å². The summed E-state index contributed by atoms with van der Waals surface area (Å²) >= 11 is 0. The zero-order valence-corrected chi connectivity index (χ0v) is 13.1. The molecular formula is C18H22N2O3. The molecule has 0 unspecified atom stereocenters. The van der Waals surface area contributed by atoms with Crippen molar-refractivity contribution >= 4 is 0 Å². The average molecular weight is 314 g/mol. The van der Waals surface area contributed by atoms with Crippen LogP contribution in [0, 0.1) is 0 Å². The third-order valence-electron chi connectivity index (χ3n) is 4.78. The van der Waals surface area contributed by atoms with Gasteiger partial charge in [-0.15, -0.1) is 0 Å². The number of pyridine rings is 1. The number of hydrogen-bond acceptors (Lipinski definition) is 5. The van der Waals surface area contributed by atoms with Crippen molar-refractivity contribution in [3.8, 4) is 0 Å². The zero-order chi connectivity index (χ0) is 15.5. The topological polar surface area (TPSA) is 47.7 Å². The van der Waals surface area contributed by atoms with Gasteiger partial charge in [0.05, 0.1) is 38.2 Å². The largest absolute Gasteiger partial charge is 0.468 e. The van der Waals surface area contributed by atoms with Crippen molar-refractivity contribution in [3.05, 3.63) is 54.2 Å². The standard InChI is InChI=1S/C18H22N2O3/c1-3-14(11-19-7-1)13-23-18-16-5-6-17(18)22-10-8-20(16)12-15-4-2-9-21-15/h1-4,7,9,11,16-18H,5-6,8,10,12-13H2/t16-,17-,18-/m1/s1. The lowest BCUT2D eigenvalue weighted by molar-refractivity contribution is -0.0616. The van der Waals surface area contributed by atoms with Crippen LogP contribution in [-0.2, 0) is 22.6 Å². The zero-order valence-electron chi connectivity index (χ0n) is 13.1. The van der Waals surface area contributed by atoms with Gasteiger partial charge in [0, 0.05) is 25.0 Å². The van der Waals surface area contributed by atoms with Crippen molar-refractivity contribution in [2.24, 2.45) is 0 Å². The van der Waals surface area contributed by atoms with Gasteiger partial charge in [-0.1, -0.05) is 6.07 Å². The lowest BCUT2D eigenvalue weighted by atomic mass is 10.1. The van der Waals surface area contributed by atoms with E-state index in [1.807, 2.05) is 30.5 Å². The Morgan fingerprint density at radius 3 is 3.09 bits per heavy atom. The van der Waals surface area contributed by atoms with Gasteiger partial charge in [-0.3, -0.25) is 9.88 Å². The van der Waals surface area contributed by atoms with Crippen LogP contribution in [0.4, 0.5) is 0 Å². The molecule has 23 heavy (non-hydrogen) atoms. The van der Waals surface area contributed by atoms with Crippen molar-refractivity contribution < 1.29 is 13.9 Å². The highest BCUT2D eigenvalue weighted by Crippen LogP contribution is 2.33. The maximum absolute atomic E-state index is 6.25. The molecule has 1 saturated carbocycles. The smallest absolute Gasteiger partial charge is 0.117 e. The van der Waals surface area contributed by atoms with Crippen LogP contribution in [0.25, 0.3) is 0 Å². The maximum atomic E-state index is 6.25. The third kappa shape index (κ3) is 3.32. The Hall–Kier alpha value is -1.69. The number of fused-ring (bicyclic) bond motifs is 2. The Bertz CT molecular complexity index is 602. The number of aromatic nitrogens is 1. The Morgan fingerprint density at radius 2 is 2.26 bits per heavy atom. The highest BCUT2D eigenvalue weighted by molar-refractivity contribution is 5.07. The van der Waals surface area contributed by atoms with Crippen LogP contribution in [0.1, 0.15) is 24.2 Å². The SMILES string of the molecule is c1cncc(CO[C@@H]2[C@H]3CC[C@H]2OCCN3Cc2ccco2)c1. The summed E-state index contributed by atoms with van der Waals surface area (Å²) in [6.07, 6.45) is 7.89. The molecule has 4 rings (SSSR count). The second-order valence-corrected chi connectivity index (χ2v) is 6.24. The van der Waals surface area contributed by atoms with Crippen molar-refractivity contribution in [1.82, 2.24) is 9.88 Å². The number of nitrogens with zero attached hydrogens (tertiary/aromatic N) is 2. The molecule has 0 aromatic carbocycles. The summed E-state index contributed by atoms with van der Waals surface area (Å²) in [4.78, 5) is 6.60. The van der Waals surface area contributed by atoms with Gasteiger partial charge in [0.2, 0.25) is 0 Å². The quantitative estimate of drug-likeness (QED) is 0.849. The Labute approximate surface area is 136 Å². The number of hydrogen-bond donors (Lipinski definition) is 0. The fourth-order valence-corrected chi connectivity index (χ4v) is 3.66. The maximum Gasteiger partial charge on any atom is 0.117 e. The normalized spacial score (nSPS) is 27.9. The molecule has 2 aromatic heterocycles. The van der Waals surface area contributed by atoms with Crippen LogP contribution >= 0.6 is 0 Å². The molecule has 3 heterocycles. The molecule has 1 aliphatic carbocycles. The Morgan fingerprint density at radius 1 is 1.26 bits per heavy atom. The number of rotatable bonds is 5. The summed E-state index contributed by atoms with van der Waals surface area (Å²) in [5, 5.41) is 0. The van der Waals surface area contributed by atoms with E-state index in [1.165, 1.54) is 0 Å². The van der Waals surface area contributed by atoms with E-state index in [9.17, 15) is 0 Å². The first kappa shape index (κ1) is 14.9. The number of ether oxygens (including phenoxy) is 2. The Kier molecular flexibility index (Phi) is 4.41. The van der Waals surface area contributed by atoms with Gasteiger partial charge < -0.3 is 13.9 Å². The molecule has 5 nitrogen and oxygen atoms in total. The lowest BCUT2D eigenvalue weighted by Gasteiger charge is -2.30. The third-order valence-corrected chi connectivity index (χ3v) is 4.78. The first-order valence-electron chi connectivity index (χ1n) is 8.29. The molecular weight excluding hydrogens is 292 g/mol. The minimum absolute atomic E-state index is 0.118. The fourth-order valence-electron chi connectivity index (χ4n) is 3.66. The molecule has 5 heteroatoms. The van der Waals surface area contributed by atoms with Gasteiger partial charge in [-0.2, -0.15) is 0 Å². The summed E-state index contributed by atoms with van der Waals surface area (Å²) in [6.45, 7) is 3.09. The number of furan rings is 1. The van der Waals surface area contributed by atoms with Gasteiger partial charge in [-0.25, -0.2) is 0 Å². The van der Waals surface area contributed by atoms with Gasteiger partial charge in [0.25, 0.3) is 0 Å². The summed E-state index contributed by atoms with van der Waals surface area (Å²) in [5.74, 6) is 1.00. The molecule has 3 atom stereocenters. The van der Waals surface area contributed by atoms with Crippen molar-refractivity contribution in [1.29, 1.82) is 0 Å². The average Bonchev–Trinajstić information content (AvgIpc) is 3.18. The predicted octanol–water partition coefficient (Wildman–Crippen LogP) is 2.62. The highest BCUT2D eigenvalue weighted by atomic mass is 16.5. The molecule has 0 radical (unpaired) electrons. The molecule has 2 bridgehead atoms. The van der Waals surface area contributed by atoms with E-state index in [1.54, 1.807) is 12.5 Å².